The van der Waals surface area contributed by atoms with Gasteiger partial charge in [-0.15, -0.1) is 0 Å². The summed E-state index contributed by atoms with van der Waals surface area (Å²) >= 11 is 0. The van der Waals surface area contributed by atoms with E-state index in [-0.39, 0.29) is 5.91 Å². The van der Waals surface area contributed by atoms with E-state index in [9.17, 15) is 4.79 Å². The number of hydrogen-bond donors (Lipinski definition) is 1. The van der Waals surface area contributed by atoms with Gasteiger partial charge in [0.05, 0.1) is 13.2 Å². The smallest absolute Gasteiger partial charge is 0.274 e. The second-order valence-corrected chi connectivity index (χ2v) is 7.19. The van der Waals surface area contributed by atoms with Crippen LogP contribution in [0.3, 0.4) is 0 Å². The molecule has 138 valence electrons. The molecule has 2 atom stereocenters. The number of likely N-dealkylation sites (tertiary alicyclic amines) is 1. The lowest BCUT2D eigenvalue weighted by molar-refractivity contribution is 0.0783. The van der Waals surface area contributed by atoms with Gasteiger partial charge in [0.25, 0.3) is 5.91 Å². The first kappa shape index (κ1) is 17.1. The molecule has 2 aromatic rings. The maximum absolute atomic E-state index is 12.8. The molecule has 2 fully saturated rings. The van der Waals surface area contributed by atoms with Gasteiger partial charge in [0.2, 0.25) is 0 Å². The maximum Gasteiger partial charge on any atom is 0.274 e. The van der Waals surface area contributed by atoms with Crippen molar-refractivity contribution in [2.24, 2.45) is 0 Å². The van der Waals surface area contributed by atoms with Crippen LogP contribution in [-0.4, -0.2) is 53.9 Å². The summed E-state index contributed by atoms with van der Waals surface area (Å²) in [4.78, 5) is 14.8. The molecule has 0 bridgehead atoms. The monoisotopic (exact) mass is 354 g/mol. The molecule has 0 radical (unpaired) electrons. The van der Waals surface area contributed by atoms with E-state index >= 15 is 0 Å². The zero-order valence-electron chi connectivity index (χ0n) is 15.2. The quantitative estimate of drug-likeness (QED) is 0.916. The molecule has 1 N–H and O–H groups in total. The third kappa shape index (κ3) is 3.46. The predicted octanol–water partition coefficient (Wildman–Crippen LogP) is 2.45. The van der Waals surface area contributed by atoms with Crippen molar-refractivity contribution >= 4 is 5.91 Å². The SMILES string of the molecule is COc1ccc(C2CCN(C(=O)c3ccn(C4CCCNC4)n3)C2)cc1. The lowest BCUT2D eigenvalue weighted by atomic mass is 9.98. The van der Waals surface area contributed by atoms with Crippen LogP contribution in [0, 0.1) is 0 Å². The van der Waals surface area contributed by atoms with E-state index in [4.69, 9.17) is 4.74 Å². The summed E-state index contributed by atoms with van der Waals surface area (Å²) < 4.78 is 7.18. The van der Waals surface area contributed by atoms with Gasteiger partial charge >= 0.3 is 0 Å². The highest BCUT2D eigenvalue weighted by Crippen LogP contribution is 2.29. The molecule has 2 aliphatic heterocycles. The molecule has 2 aliphatic rings. The van der Waals surface area contributed by atoms with Crippen molar-refractivity contribution in [1.82, 2.24) is 20.0 Å². The molecule has 3 heterocycles. The van der Waals surface area contributed by atoms with Gasteiger partial charge < -0.3 is 15.0 Å². The fraction of sp³-hybridized carbons (Fsp3) is 0.500. The Morgan fingerprint density at radius 1 is 1.23 bits per heavy atom. The number of carbonyl (C=O) groups excluding carboxylic acids is 1. The van der Waals surface area contributed by atoms with E-state index in [0.717, 1.165) is 51.2 Å². The van der Waals surface area contributed by atoms with E-state index in [0.29, 0.717) is 17.7 Å². The minimum atomic E-state index is 0.0449. The molecule has 0 saturated carbocycles. The molecule has 1 aromatic heterocycles. The van der Waals surface area contributed by atoms with Crippen LogP contribution < -0.4 is 10.1 Å². The lowest BCUT2D eigenvalue weighted by Crippen LogP contribution is -2.32. The Labute approximate surface area is 154 Å². The Morgan fingerprint density at radius 3 is 2.81 bits per heavy atom. The molecular weight excluding hydrogens is 328 g/mol. The average molecular weight is 354 g/mol. The highest BCUT2D eigenvalue weighted by molar-refractivity contribution is 5.92. The van der Waals surface area contributed by atoms with Crippen LogP contribution in [-0.2, 0) is 0 Å². The first-order valence-corrected chi connectivity index (χ1v) is 9.43. The van der Waals surface area contributed by atoms with Gasteiger partial charge in [0.1, 0.15) is 11.4 Å². The van der Waals surface area contributed by atoms with E-state index in [1.807, 2.05) is 34.0 Å². The van der Waals surface area contributed by atoms with Gasteiger partial charge in [0, 0.05) is 31.7 Å². The third-order valence-corrected chi connectivity index (χ3v) is 5.54. The second-order valence-electron chi connectivity index (χ2n) is 7.19. The van der Waals surface area contributed by atoms with Crippen molar-refractivity contribution in [2.45, 2.75) is 31.2 Å². The first-order valence-electron chi connectivity index (χ1n) is 9.43. The summed E-state index contributed by atoms with van der Waals surface area (Å²) in [5.41, 5.74) is 1.82. The van der Waals surface area contributed by atoms with Crippen LogP contribution in [0.1, 0.15) is 47.3 Å². The molecule has 0 spiro atoms. The minimum Gasteiger partial charge on any atom is -0.497 e. The van der Waals surface area contributed by atoms with Crippen molar-refractivity contribution < 1.29 is 9.53 Å². The Kier molecular flexibility index (Phi) is 4.93. The van der Waals surface area contributed by atoms with Crippen molar-refractivity contribution in [2.75, 3.05) is 33.3 Å². The minimum absolute atomic E-state index is 0.0449. The molecule has 6 nitrogen and oxygen atoms in total. The van der Waals surface area contributed by atoms with Gasteiger partial charge in [-0.1, -0.05) is 12.1 Å². The molecule has 1 amide bonds. The molecule has 26 heavy (non-hydrogen) atoms. The average Bonchev–Trinajstić information content (AvgIpc) is 3.38. The zero-order valence-corrected chi connectivity index (χ0v) is 15.2. The number of benzene rings is 1. The number of nitrogens with one attached hydrogen (secondary N) is 1. The molecular formula is C20H26N4O2. The number of methoxy groups -OCH3 is 1. The van der Waals surface area contributed by atoms with Crippen LogP contribution in [0.25, 0.3) is 0 Å². The number of amides is 1. The number of aromatic nitrogens is 2. The molecule has 0 aliphatic carbocycles. The van der Waals surface area contributed by atoms with Crippen LogP contribution in [0.15, 0.2) is 36.5 Å². The molecule has 4 rings (SSSR count). The highest BCUT2D eigenvalue weighted by atomic mass is 16.5. The summed E-state index contributed by atoms with van der Waals surface area (Å²) in [7, 11) is 1.67. The summed E-state index contributed by atoms with van der Waals surface area (Å²) in [5.74, 6) is 1.29. The largest absolute Gasteiger partial charge is 0.497 e. The van der Waals surface area contributed by atoms with Crippen molar-refractivity contribution in [3.05, 3.63) is 47.8 Å². The summed E-state index contributed by atoms with van der Waals surface area (Å²) in [6, 6.07) is 10.4. The third-order valence-electron chi connectivity index (χ3n) is 5.54. The van der Waals surface area contributed by atoms with Crippen molar-refractivity contribution in [1.29, 1.82) is 0 Å². The standard InChI is InChI=1S/C20H26N4O2/c1-26-18-6-4-15(5-7-18)16-8-11-23(14-16)20(25)19-9-12-24(22-19)17-3-2-10-21-13-17/h4-7,9,12,16-17,21H,2-3,8,10-11,13-14H2,1H3. The van der Waals surface area contributed by atoms with Gasteiger partial charge in [-0.05, 0) is 49.6 Å². The van der Waals surface area contributed by atoms with Crippen molar-refractivity contribution in [3.63, 3.8) is 0 Å². The number of hydrogen-bond acceptors (Lipinski definition) is 4. The van der Waals surface area contributed by atoms with Gasteiger partial charge in [-0.25, -0.2) is 0 Å². The van der Waals surface area contributed by atoms with Gasteiger partial charge in [-0.3, -0.25) is 9.48 Å². The predicted molar refractivity (Wildman–Crippen MR) is 99.6 cm³/mol. The van der Waals surface area contributed by atoms with E-state index in [1.165, 1.54) is 5.56 Å². The van der Waals surface area contributed by atoms with Crippen LogP contribution in [0.2, 0.25) is 0 Å². The normalized spacial score (nSPS) is 23.2. The van der Waals surface area contributed by atoms with E-state index in [1.54, 1.807) is 7.11 Å². The Hall–Kier alpha value is -2.34. The summed E-state index contributed by atoms with van der Waals surface area (Å²) in [5, 5.41) is 7.96. The van der Waals surface area contributed by atoms with Crippen LogP contribution >= 0.6 is 0 Å². The maximum atomic E-state index is 12.8. The van der Waals surface area contributed by atoms with Crippen LogP contribution in [0.4, 0.5) is 0 Å². The number of nitrogens with zero attached hydrogens (tertiary/aromatic N) is 3. The zero-order chi connectivity index (χ0) is 17.9. The molecule has 6 heteroatoms. The van der Waals surface area contributed by atoms with Gasteiger partial charge in [-0.2, -0.15) is 5.10 Å². The first-order chi connectivity index (χ1) is 12.7. The Morgan fingerprint density at radius 2 is 2.08 bits per heavy atom. The summed E-state index contributed by atoms with van der Waals surface area (Å²) in [6.07, 6.45) is 5.21. The second kappa shape index (κ2) is 7.50. The number of ether oxygens (including phenoxy) is 1. The lowest BCUT2D eigenvalue weighted by Gasteiger charge is -2.23. The fourth-order valence-corrected chi connectivity index (χ4v) is 3.97. The highest BCUT2D eigenvalue weighted by Gasteiger charge is 2.29. The number of rotatable bonds is 4. The van der Waals surface area contributed by atoms with Gasteiger partial charge in [0.15, 0.2) is 0 Å². The van der Waals surface area contributed by atoms with E-state index in [2.05, 4.69) is 22.5 Å². The Bertz CT molecular complexity index is 749. The molecule has 1 aromatic carbocycles. The topological polar surface area (TPSA) is 59.4 Å². The fourth-order valence-electron chi connectivity index (χ4n) is 3.97. The molecule has 2 unspecified atom stereocenters. The number of piperidine rings is 1. The van der Waals surface area contributed by atoms with E-state index < -0.39 is 0 Å². The van der Waals surface area contributed by atoms with Crippen LogP contribution in [0.5, 0.6) is 5.75 Å². The van der Waals surface area contributed by atoms with Crippen molar-refractivity contribution in [3.8, 4) is 5.75 Å². The summed E-state index contributed by atoms with van der Waals surface area (Å²) in [6.45, 7) is 3.54. The Balaban J connectivity index is 1.40. The number of carbonyl (C=O) groups is 1. The molecule has 2 saturated heterocycles.